The average Bonchev–Trinajstić information content (AvgIpc) is 3.11. The topological polar surface area (TPSA) is 82.1 Å². The van der Waals surface area contributed by atoms with Crippen LogP contribution in [0.2, 0.25) is 0 Å². The number of ether oxygens (including phenoxy) is 3. The third kappa shape index (κ3) is 7.86. The Bertz CT molecular complexity index is 1240. The Balaban J connectivity index is 2.13. The Morgan fingerprint density at radius 1 is 1.20 bits per heavy atom. The normalized spacial score (nSPS) is 21.8. The largest absolute Gasteiger partial charge is 0.455 e. The summed E-state index contributed by atoms with van der Waals surface area (Å²) in [5, 5.41) is 9.92. The second kappa shape index (κ2) is 14.0. The van der Waals surface area contributed by atoms with Gasteiger partial charge in [-0.15, -0.1) is 0 Å². The number of hydrogen-bond donors (Lipinski definition) is 1. The van der Waals surface area contributed by atoms with Crippen LogP contribution < -0.4 is 0 Å². The number of rotatable bonds is 12. The number of carbonyl (C=O) groups is 2. The molecular formula is C32H39F3O6. The molecule has 0 spiro atoms. The SMILES string of the molecule is C/C=C(\C)[C@H](OC(=O)[C@](OC)(c1ccccc1)C(F)(F)F)[C@H](C)/C=C/C=C(\C)CC/C=C/C1=C(C)C(=O)C(C)(O)O1. The van der Waals surface area contributed by atoms with E-state index in [0.717, 1.165) is 12.7 Å². The van der Waals surface area contributed by atoms with Crippen molar-refractivity contribution in [2.45, 2.75) is 78.1 Å². The van der Waals surface area contributed by atoms with Crippen LogP contribution >= 0.6 is 0 Å². The van der Waals surface area contributed by atoms with Gasteiger partial charge in [0.25, 0.3) is 11.4 Å². The van der Waals surface area contributed by atoms with Crippen molar-refractivity contribution in [3.63, 3.8) is 0 Å². The minimum Gasteiger partial charge on any atom is -0.455 e. The summed E-state index contributed by atoms with van der Waals surface area (Å²) < 4.78 is 58.6. The number of Topliss-reactive ketones (excluding diaryl/α,β-unsaturated/α-hetero) is 1. The first-order chi connectivity index (χ1) is 19.1. The summed E-state index contributed by atoms with van der Waals surface area (Å²) in [5.41, 5.74) is -1.65. The second-order valence-corrected chi connectivity index (χ2v) is 10.2. The van der Waals surface area contributed by atoms with Crippen molar-refractivity contribution in [1.29, 1.82) is 0 Å². The summed E-state index contributed by atoms with van der Waals surface area (Å²) in [4.78, 5) is 25.1. The van der Waals surface area contributed by atoms with Gasteiger partial charge in [-0.25, -0.2) is 4.79 Å². The van der Waals surface area contributed by atoms with Crippen molar-refractivity contribution in [2.75, 3.05) is 7.11 Å². The van der Waals surface area contributed by atoms with E-state index in [4.69, 9.17) is 14.2 Å². The highest BCUT2D eigenvalue weighted by atomic mass is 19.4. The molecule has 1 aliphatic heterocycles. The third-order valence-corrected chi connectivity index (χ3v) is 7.00. The van der Waals surface area contributed by atoms with E-state index in [1.54, 1.807) is 58.1 Å². The van der Waals surface area contributed by atoms with Crippen LogP contribution in [-0.2, 0) is 29.4 Å². The van der Waals surface area contributed by atoms with E-state index in [1.807, 2.05) is 19.1 Å². The maximum Gasteiger partial charge on any atom is 0.432 e. The fourth-order valence-corrected chi connectivity index (χ4v) is 4.40. The molecule has 1 aliphatic rings. The number of esters is 1. The maximum atomic E-state index is 14.3. The first-order valence-electron chi connectivity index (χ1n) is 13.3. The molecule has 224 valence electrons. The lowest BCUT2D eigenvalue weighted by Crippen LogP contribution is -2.53. The van der Waals surface area contributed by atoms with Gasteiger partial charge in [0, 0.05) is 31.1 Å². The lowest BCUT2D eigenvalue weighted by Gasteiger charge is -2.34. The Kier molecular flexibility index (Phi) is 11.5. The zero-order valence-corrected chi connectivity index (χ0v) is 24.5. The minimum atomic E-state index is -5.06. The Morgan fingerprint density at radius 3 is 2.34 bits per heavy atom. The van der Waals surface area contributed by atoms with Gasteiger partial charge in [-0.2, -0.15) is 13.2 Å². The first-order valence-corrected chi connectivity index (χ1v) is 13.3. The fourth-order valence-electron chi connectivity index (χ4n) is 4.40. The number of halogens is 3. The molecule has 0 fully saturated rings. The van der Waals surface area contributed by atoms with Crippen LogP contribution in [0.25, 0.3) is 0 Å². The number of allylic oxidation sites excluding steroid dienone is 6. The summed E-state index contributed by atoms with van der Waals surface area (Å²) in [6.45, 7) is 10.0. The second-order valence-electron chi connectivity index (χ2n) is 10.2. The molecule has 1 aromatic rings. The van der Waals surface area contributed by atoms with Gasteiger partial charge in [-0.1, -0.05) is 73.2 Å². The molecule has 4 atom stereocenters. The predicted molar refractivity (Wildman–Crippen MR) is 150 cm³/mol. The molecule has 1 N–H and O–H groups in total. The molecule has 0 saturated heterocycles. The van der Waals surface area contributed by atoms with Gasteiger partial charge >= 0.3 is 12.1 Å². The summed E-state index contributed by atoms with van der Waals surface area (Å²) in [5.74, 6) is -3.94. The van der Waals surface area contributed by atoms with Crippen molar-refractivity contribution in [3.05, 3.63) is 94.8 Å². The molecular weight excluding hydrogens is 537 g/mol. The molecule has 41 heavy (non-hydrogen) atoms. The lowest BCUT2D eigenvalue weighted by atomic mass is 9.91. The van der Waals surface area contributed by atoms with E-state index < -0.39 is 41.3 Å². The zero-order chi connectivity index (χ0) is 31.0. The lowest BCUT2D eigenvalue weighted by molar-refractivity contribution is -0.278. The van der Waals surface area contributed by atoms with E-state index in [9.17, 15) is 27.9 Å². The van der Waals surface area contributed by atoms with Gasteiger partial charge in [-0.3, -0.25) is 4.79 Å². The molecule has 1 aromatic carbocycles. The smallest absolute Gasteiger partial charge is 0.432 e. The number of benzene rings is 1. The molecule has 1 unspecified atom stereocenters. The molecule has 2 rings (SSSR count). The quantitative estimate of drug-likeness (QED) is 0.164. The molecule has 0 aromatic heterocycles. The van der Waals surface area contributed by atoms with E-state index in [-0.39, 0.29) is 5.56 Å². The Hall–Kier alpha value is -3.43. The van der Waals surface area contributed by atoms with Crippen LogP contribution in [-0.4, -0.2) is 42.0 Å². The van der Waals surface area contributed by atoms with Crippen molar-refractivity contribution in [2.24, 2.45) is 5.92 Å². The van der Waals surface area contributed by atoms with Gasteiger partial charge in [0.05, 0.1) is 0 Å². The Morgan fingerprint density at radius 2 is 1.83 bits per heavy atom. The summed E-state index contributed by atoms with van der Waals surface area (Å²) >= 11 is 0. The zero-order valence-electron chi connectivity index (χ0n) is 24.5. The van der Waals surface area contributed by atoms with Crippen molar-refractivity contribution >= 4 is 11.8 Å². The van der Waals surface area contributed by atoms with Crippen molar-refractivity contribution in [3.8, 4) is 0 Å². The van der Waals surface area contributed by atoms with Crippen LogP contribution in [0.4, 0.5) is 13.2 Å². The third-order valence-electron chi connectivity index (χ3n) is 7.00. The van der Waals surface area contributed by atoms with E-state index in [2.05, 4.69) is 0 Å². The molecule has 0 saturated carbocycles. The van der Waals surface area contributed by atoms with Crippen LogP contribution in [0.15, 0.2) is 89.3 Å². The number of carbonyl (C=O) groups excluding carboxylic acids is 2. The molecule has 0 amide bonds. The van der Waals surface area contributed by atoms with Crippen molar-refractivity contribution < 1.29 is 42.1 Å². The van der Waals surface area contributed by atoms with E-state index in [0.29, 0.717) is 29.7 Å². The van der Waals surface area contributed by atoms with Crippen LogP contribution in [0.3, 0.4) is 0 Å². The molecule has 6 nitrogen and oxygen atoms in total. The number of hydrogen-bond acceptors (Lipinski definition) is 6. The van der Waals surface area contributed by atoms with Gasteiger partial charge in [0.15, 0.2) is 0 Å². The predicted octanol–water partition coefficient (Wildman–Crippen LogP) is 7.03. The number of aliphatic hydroxyl groups is 1. The molecule has 0 aliphatic carbocycles. The Labute approximate surface area is 239 Å². The standard InChI is InChI=1S/C32H39F3O6/c1-8-22(3)27(40-29(37)31(39-7,32(33,34)35)25-18-10-9-11-19-25)23(4)17-14-16-21(2)15-12-13-20-26-24(5)28(36)30(6,38)41-26/h8-11,13-14,16-20,23,27,38H,12,15H2,1-7H3/b17-14+,20-13+,21-16+,22-8+/t23-,27+,30?,31-/m1/s1. The summed E-state index contributed by atoms with van der Waals surface area (Å²) in [6, 6.07) is 6.72. The molecule has 9 heteroatoms. The van der Waals surface area contributed by atoms with E-state index >= 15 is 0 Å². The van der Waals surface area contributed by atoms with Gasteiger partial charge in [0.2, 0.25) is 5.78 Å². The molecule has 0 radical (unpaired) electrons. The number of methoxy groups -OCH3 is 1. The summed E-state index contributed by atoms with van der Waals surface area (Å²) in [6.07, 6.45) is 5.94. The van der Waals surface area contributed by atoms with Crippen LogP contribution in [0, 0.1) is 5.92 Å². The summed E-state index contributed by atoms with van der Waals surface area (Å²) in [7, 11) is 0.841. The van der Waals surface area contributed by atoms with E-state index in [1.165, 1.54) is 31.2 Å². The van der Waals surface area contributed by atoms with Gasteiger partial charge in [-0.05, 0) is 52.2 Å². The number of alkyl halides is 3. The van der Waals surface area contributed by atoms with Crippen LogP contribution in [0.5, 0.6) is 0 Å². The fraction of sp³-hybridized carbons (Fsp3) is 0.438. The van der Waals surface area contributed by atoms with Gasteiger partial charge < -0.3 is 19.3 Å². The molecule has 0 bridgehead atoms. The van der Waals surface area contributed by atoms with Crippen molar-refractivity contribution in [1.82, 2.24) is 0 Å². The van der Waals surface area contributed by atoms with Gasteiger partial charge in [0.1, 0.15) is 11.9 Å². The monoisotopic (exact) mass is 576 g/mol. The number of ketones is 1. The highest BCUT2D eigenvalue weighted by molar-refractivity contribution is 6.02. The molecule has 1 heterocycles. The van der Waals surface area contributed by atoms with Crippen LogP contribution in [0.1, 0.15) is 59.9 Å². The first kappa shape index (κ1) is 33.8. The maximum absolute atomic E-state index is 14.3. The minimum absolute atomic E-state index is 0.338. The highest BCUT2D eigenvalue weighted by Crippen LogP contribution is 2.43. The highest BCUT2D eigenvalue weighted by Gasteiger charge is 2.64. The average molecular weight is 577 g/mol.